The molecule has 1 aromatic heterocycles. The zero-order chi connectivity index (χ0) is 15.6. The Labute approximate surface area is 130 Å². The number of hydrogen-bond acceptors (Lipinski definition) is 4. The molecule has 1 amide bonds. The molecule has 0 atom stereocenters. The van der Waals surface area contributed by atoms with Crippen LogP contribution in [0, 0.1) is 6.92 Å². The Kier molecular flexibility index (Phi) is 5.62. The first-order chi connectivity index (χ1) is 9.85. The summed E-state index contributed by atoms with van der Waals surface area (Å²) in [7, 11) is 0. The number of para-hydroxylation sites is 1. The fourth-order valence-electron chi connectivity index (χ4n) is 1.94. The predicted molar refractivity (Wildman–Crippen MR) is 80.8 cm³/mol. The molecule has 0 saturated heterocycles. The largest absolute Gasteiger partial charge is 0.422 e. The molecule has 0 unspecified atom stereocenters. The van der Waals surface area contributed by atoms with Gasteiger partial charge in [-0.1, -0.05) is 18.2 Å². The summed E-state index contributed by atoms with van der Waals surface area (Å²) in [4.78, 5) is 23.8. The van der Waals surface area contributed by atoms with E-state index in [4.69, 9.17) is 10.2 Å². The lowest BCUT2D eigenvalue weighted by atomic mass is 10.1. The lowest BCUT2D eigenvalue weighted by molar-refractivity contribution is 0.0118. The van der Waals surface area contributed by atoms with Gasteiger partial charge in [0, 0.05) is 5.39 Å². The van der Waals surface area contributed by atoms with Crippen molar-refractivity contribution >= 4 is 29.3 Å². The molecule has 8 heteroatoms. The third-order valence-corrected chi connectivity index (χ3v) is 3.11. The van der Waals surface area contributed by atoms with Crippen molar-refractivity contribution in [3.63, 3.8) is 0 Å². The van der Waals surface area contributed by atoms with Crippen LogP contribution in [0.5, 0.6) is 0 Å². The summed E-state index contributed by atoms with van der Waals surface area (Å²) in [6.45, 7) is -0.262. The molecule has 1 heterocycles. The average molecular weight is 333 g/mol. The maximum absolute atomic E-state index is 13.0. The minimum atomic E-state index is -3.22. The molecule has 0 aliphatic rings. The molecule has 0 radical (unpaired) electrons. The van der Waals surface area contributed by atoms with Gasteiger partial charge in [-0.2, -0.15) is 0 Å². The van der Waals surface area contributed by atoms with Crippen molar-refractivity contribution in [3.05, 3.63) is 45.8 Å². The number of benzene rings is 1. The van der Waals surface area contributed by atoms with E-state index in [-0.39, 0.29) is 18.0 Å². The van der Waals surface area contributed by atoms with E-state index in [2.05, 4.69) is 0 Å². The van der Waals surface area contributed by atoms with E-state index in [0.29, 0.717) is 16.5 Å². The van der Waals surface area contributed by atoms with Crippen LogP contribution >= 0.6 is 12.4 Å². The number of halogens is 3. The van der Waals surface area contributed by atoms with Crippen molar-refractivity contribution in [1.82, 2.24) is 5.32 Å². The quantitative estimate of drug-likeness (QED) is 0.837. The Morgan fingerprint density at radius 3 is 2.64 bits per heavy atom. The van der Waals surface area contributed by atoms with Gasteiger partial charge in [0.15, 0.2) is 0 Å². The summed E-state index contributed by atoms with van der Waals surface area (Å²) in [5.74, 6) is -4.12. The van der Waals surface area contributed by atoms with E-state index in [1.54, 1.807) is 31.2 Å². The van der Waals surface area contributed by atoms with Crippen molar-refractivity contribution in [2.45, 2.75) is 12.8 Å². The fraction of sp³-hybridized carbons (Fsp3) is 0.286. The molecule has 0 fully saturated rings. The van der Waals surface area contributed by atoms with Crippen molar-refractivity contribution in [2.75, 3.05) is 13.1 Å². The molecule has 3 N–H and O–H groups in total. The summed E-state index contributed by atoms with van der Waals surface area (Å²) in [5.41, 5.74) is 4.47. The molecule has 2 aromatic rings. The van der Waals surface area contributed by atoms with Gasteiger partial charge in [-0.15, -0.1) is 12.4 Å². The smallest absolute Gasteiger partial charge is 0.349 e. The van der Waals surface area contributed by atoms with Gasteiger partial charge in [0.25, 0.3) is 11.8 Å². The molecule has 120 valence electrons. The Morgan fingerprint density at radius 2 is 2.00 bits per heavy atom. The molecule has 0 aliphatic heterocycles. The molecule has 0 bridgehead atoms. The minimum absolute atomic E-state index is 0. The van der Waals surface area contributed by atoms with Crippen LogP contribution in [0.2, 0.25) is 0 Å². The molecule has 1 aromatic carbocycles. The van der Waals surface area contributed by atoms with Crippen LogP contribution in [0.4, 0.5) is 8.78 Å². The van der Waals surface area contributed by atoms with Crippen LogP contribution < -0.4 is 16.7 Å². The summed E-state index contributed by atoms with van der Waals surface area (Å²) in [6.07, 6.45) is 0. The summed E-state index contributed by atoms with van der Waals surface area (Å²) >= 11 is 0. The number of alkyl halides is 2. The maximum atomic E-state index is 13.0. The highest BCUT2D eigenvalue weighted by molar-refractivity contribution is 5.99. The van der Waals surface area contributed by atoms with Crippen LogP contribution in [0.25, 0.3) is 11.0 Å². The first kappa shape index (κ1) is 18.1. The van der Waals surface area contributed by atoms with Crippen molar-refractivity contribution in [3.8, 4) is 0 Å². The number of nitrogens with two attached hydrogens (primary N) is 1. The van der Waals surface area contributed by atoms with E-state index in [9.17, 15) is 18.4 Å². The van der Waals surface area contributed by atoms with Crippen molar-refractivity contribution < 1.29 is 18.0 Å². The van der Waals surface area contributed by atoms with E-state index < -0.39 is 30.5 Å². The van der Waals surface area contributed by atoms with Crippen LogP contribution in [0.15, 0.2) is 33.5 Å². The Morgan fingerprint density at radius 1 is 1.36 bits per heavy atom. The number of nitrogens with one attached hydrogen (secondary N) is 1. The lowest BCUT2D eigenvalue weighted by Crippen LogP contribution is -2.42. The van der Waals surface area contributed by atoms with Gasteiger partial charge < -0.3 is 15.5 Å². The van der Waals surface area contributed by atoms with Crippen LogP contribution in [0.3, 0.4) is 0 Å². The third-order valence-electron chi connectivity index (χ3n) is 3.11. The third kappa shape index (κ3) is 3.61. The predicted octanol–water partition coefficient (Wildman–Crippen LogP) is 1.85. The average Bonchev–Trinajstić information content (AvgIpc) is 2.45. The molecule has 0 spiro atoms. The van der Waals surface area contributed by atoms with Crippen LogP contribution in [-0.4, -0.2) is 24.9 Å². The number of fused-ring (bicyclic) bond motifs is 1. The second kappa shape index (κ2) is 6.85. The van der Waals surface area contributed by atoms with Gasteiger partial charge in [-0.25, -0.2) is 13.6 Å². The van der Waals surface area contributed by atoms with Gasteiger partial charge in [0.05, 0.1) is 13.1 Å². The molecule has 0 aliphatic carbocycles. The fourth-order valence-corrected chi connectivity index (χ4v) is 1.94. The Balaban J connectivity index is 0.00000242. The molecule has 2 rings (SSSR count). The molecular formula is C14H15ClF2N2O3. The van der Waals surface area contributed by atoms with Gasteiger partial charge in [-0.3, -0.25) is 4.79 Å². The monoisotopic (exact) mass is 332 g/mol. The number of rotatable bonds is 4. The van der Waals surface area contributed by atoms with Gasteiger partial charge in [0.2, 0.25) is 0 Å². The van der Waals surface area contributed by atoms with E-state index in [0.717, 1.165) is 0 Å². The first-order valence-corrected chi connectivity index (χ1v) is 6.24. The topological polar surface area (TPSA) is 85.3 Å². The van der Waals surface area contributed by atoms with E-state index in [1.165, 1.54) is 0 Å². The van der Waals surface area contributed by atoms with Crippen LogP contribution in [0.1, 0.15) is 15.9 Å². The van der Waals surface area contributed by atoms with Crippen LogP contribution in [-0.2, 0) is 0 Å². The number of amides is 1. The number of carbonyl (C=O) groups is 1. The Hall–Kier alpha value is -1.99. The second-order valence-corrected chi connectivity index (χ2v) is 4.63. The zero-order valence-electron chi connectivity index (χ0n) is 11.7. The zero-order valence-corrected chi connectivity index (χ0v) is 12.5. The SMILES string of the molecule is Cc1c(C(=O)NCC(F)(F)CN)c(=O)oc2ccccc12.Cl. The molecule has 0 saturated carbocycles. The van der Waals surface area contributed by atoms with E-state index in [1.807, 2.05) is 5.32 Å². The molecular weight excluding hydrogens is 318 g/mol. The van der Waals surface area contributed by atoms with Gasteiger partial charge in [-0.05, 0) is 18.6 Å². The van der Waals surface area contributed by atoms with Gasteiger partial charge in [0.1, 0.15) is 11.1 Å². The highest BCUT2D eigenvalue weighted by atomic mass is 35.5. The van der Waals surface area contributed by atoms with Gasteiger partial charge >= 0.3 is 5.63 Å². The molecule has 5 nitrogen and oxygen atoms in total. The first-order valence-electron chi connectivity index (χ1n) is 6.24. The normalized spacial score (nSPS) is 11.1. The minimum Gasteiger partial charge on any atom is -0.422 e. The number of hydrogen-bond donors (Lipinski definition) is 2. The standard InChI is InChI=1S/C14H14F2N2O3.ClH/c1-8-9-4-2-3-5-10(9)21-13(20)11(8)12(19)18-7-14(15,16)6-17;/h2-5H,6-7,17H2,1H3,(H,18,19);1H. The second-order valence-electron chi connectivity index (χ2n) is 4.63. The lowest BCUT2D eigenvalue weighted by Gasteiger charge is -2.15. The summed E-state index contributed by atoms with van der Waals surface area (Å²) in [6, 6.07) is 6.68. The number of aryl methyl sites for hydroxylation is 1. The maximum Gasteiger partial charge on any atom is 0.349 e. The highest BCUT2D eigenvalue weighted by Gasteiger charge is 2.28. The Bertz CT molecular complexity index is 746. The highest BCUT2D eigenvalue weighted by Crippen LogP contribution is 2.19. The van der Waals surface area contributed by atoms with Crippen molar-refractivity contribution in [2.24, 2.45) is 5.73 Å². The summed E-state index contributed by atoms with van der Waals surface area (Å²) in [5, 5.41) is 2.58. The molecule has 22 heavy (non-hydrogen) atoms. The van der Waals surface area contributed by atoms with E-state index >= 15 is 0 Å². The van der Waals surface area contributed by atoms with Crippen molar-refractivity contribution in [1.29, 1.82) is 0 Å². The summed E-state index contributed by atoms with van der Waals surface area (Å²) < 4.78 is 31.1. The number of carbonyl (C=O) groups excluding carboxylic acids is 1.